The zero-order chi connectivity index (χ0) is 20.9. The van der Waals surface area contributed by atoms with Crippen molar-refractivity contribution >= 4 is 6.03 Å². The minimum atomic E-state index is -4.41. The van der Waals surface area contributed by atoms with E-state index in [-0.39, 0.29) is 12.6 Å². The second-order valence-corrected chi connectivity index (χ2v) is 6.87. The zero-order valence-electron chi connectivity index (χ0n) is 16.1. The molecule has 1 aliphatic heterocycles. The third kappa shape index (κ3) is 5.98. The molecule has 2 N–H and O–H groups in total. The summed E-state index contributed by atoms with van der Waals surface area (Å²) in [7, 11) is 0. The Morgan fingerprint density at radius 3 is 2.59 bits per heavy atom. The summed E-state index contributed by atoms with van der Waals surface area (Å²) in [5.74, 6) is 1.54. The molecule has 1 aliphatic rings. The van der Waals surface area contributed by atoms with E-state index in [0.717, 1.165) is 36.7 Å². The topological polar surface area (TPSA) is 66.7 Å². The van der Waals surface area contributed by atoms with E-state index in [1.54, 1.807) is 0 Å². The van der Waals surface area contributed by atoms with Gasteiger partial charge in [-0.25, -0.2) is 4.79 Å². The van der Waals surface area contributed by atoms with Crippen LogP contribution in [-0.4, -0.2) is 43.8 Å². The van der Waals surface area contributed by atoms with Gasteiger partial charge in [-0.2, -0.15) is 13.2 Å². The van der Waals surface area contributed by atoms with E-state index >= 15 is 0 Å². The molecule has 1 unspecified atom stereocenters. The number of urea groups is 1. The molecule has 3 rings (SSSR count). The highest BCUT2D eigenvalue weighted by Gasteiger charge is 2.30. The van der Waals surface area contributed by atoms with Gasteiger partial charge in [0.05, 0.1) is 24.8 Å². The molecule has 1 aromatic heterocycles. The van der Waals surface area contributed by atoms with E-state index in [2.05, 4.69) is 15.5 Å². The Hall–Kier alpha value is -2.52. The van der Waals surface area contributed by atoms with Crippen LogP contribution in [0.1, 0.15) is 28.7 Å². The number of alkyl halides is 3. The van der Waals surface area contributed by atoms with Gasteiger partial charge in [0.25, 0.3) is 0 Å². The third-order valence-electron chi connectivity index (χ3n) is 4.74. The van der Waals surface area contributed by atoms with E-state index in [1.165, 1.54) is 12.1 Å². The number of carbonyl (C=O) groups is 1. The number of nitrogens with zero attached hydrogens (tertiary/aromatic N) is 1. The van der Waals surface area contributed by atoms with E-state index in [9.17, 15) is 18.0 Å². The van der Waals surface area contributed by atoms with Crippen molar-refractivity contribution < 1.29 is 27.1 Å². The van der Waals surface area contributed by atoms with Gasteiger partial charge in [0.1, 0.15) is 11.5 Å². The van der Waals surface area contributed by atoms with Crippen molar-refractivity contribution in [1.29, 1.82) is 0 Å². The second kappa shape index (κ2) is 9.32. The standard InChI is InChI=1S/C20H24F3N3O3/c1-14-5-6-18(29-14)17(26-7-9-28-10-8-26)13-25-19(27)24-12-15-3-2-4-16(11-15)20(21,22)23/h2-6,11,17H,7-10,12-13H2,1H3,(H2,24,25,27). The Morgan fingerprint density at radius 2 is 1.93 bits per heavy atom. The van der Waals surface area contributed by atoms with Gasteiger partial charge < -0.3 is 19.8 Å². The van der Waals surface area contributed by atoms with Crippen molar-refractivity contribution in [3.8, 4) is 0 Å². The van der Waals surface area contributed by atoms with E-state index in [4.69, 9.17) is 9.15 Å². The number of aryl methyl sites for hydroxylation is 1. The van der Waals surface area contributed by atoms with Gasteiger partial charge in [-0.05, 0) is 36.8 Å². The average Bonchev–Trinajstić information content (AvgIpc) is 3.13. The number of benzene rings is 1. The predicted octanol–water partition coefficient (Wildman–Crippen LogP) is 3.48. The fraction of sp³-hybridized carbons (Fsp3) is 0.450. The molecule has 2 heterocycles. The summed E-state index contributed by atoms with van der Waals surface area (Å²) >= 11 is 0. The maximum absolute atomic E-state index is 12.8. The van der Waals surface area contributed by atoms with Gasteiger partial charge >= 0.3 is 12.2 Å². The molecule has 0 radical (unpaired) electrons. The Labute approximate surface area is 167 Å². The smallest absolute Gasteiger partial charge is 0.416 e. The molecule has 1 saturated heterocycles. The number of hydrogen-bond acceptors (Lipinski definition) is 4. The molecule has 2 aromatic rings. The molecule has 2 amide bonds. The summed E-state index contributed by atoms with van der Waals surface area (Å²) < 4.78 is 49.5. The first kappa shape index (κ1) is 21.2. The molecule has 1 fully saturated rings. The van der Waals surface area contributed by atoms with Crippen LogP contribution < -0.4 is 10.6 Å². The van der Waals surface area contributed by atoms with Crippen LogP contribution in [0.2, 0.25) is 0 Å². The van der Waals surface area contributed by atoms with E-state index in [1.807, 2.05) is 19.1 Å². The molecule has 0 aliphatic carbocycles. The average molecular weight is 411 g/mol. The summed E-state index contributed by atoms with van der Waals surface area (Å²) in [6.45, 7) is 4.82. The summed E-state index contributed by atoms with van der Waals surface area (Å²) in [5.41, 5.74) is -0.362. The van der Waals surface area contributed by atoms with Crippen molar-refractivity contribution in [3.63, 3.8) is 0 Å². The van der Waals surface area contributed by atoms with Gasteiger partial charge in [-0.15, -0.1) is 0 Å². The third-order valence-corrected chi connectivity index (χ3v) is 4.74. The minimum Gasteiger partial charge on any atom is -0.465 e. The molecule has 29 heavy (non-hydrogen) atoms. The molecule has 158 valence electrons. The van der Waals surface area contributed by atoms with Crippen molar-refractivity contribution in [2.75, 3.05) is 32.8 Å². The quantitative estimate of drug-likeness (QED) is 0.764. The number of hydrogen-bond donors (Lipinski definition) is 2. The number of morpholine rings is 1. The van der Waals surface area contributed by atoms with Crippen molar-refractivity contribution in [2.24, 2.45) is 0 Å². The zero-order valence-corrected chi connectivity index (χ0v) is 16.1. The molecule has 1 aromatic carbocycles. The van der Waals surface area contributed by atoms with Crippen LogP contribution in [0, 0.1) is 6.92 Å². The van der Waals surface area contributed by atoms with Crippen LogP contribution in [0.5, 0.6) is 0 Å². The highest BCUT2D eigenvalue weighted by atomic mass is 19.4. The Balaban J connectivity index is 1.56. The number of carbonyl (C=O) groups excluding carboxylic acids is 1. The van der Waals surface area contributed by atoms with Crippen LogP contribution in [-0.2, 0) is 17.5 Å². The predicted molar refractivity (Wildman–Crippen MR) is 100 cm³/mol. The number of ether oxygens (including phenoxy) is 1. The molecular weight excluding hydrogens is 387 g/mol. The highest BCUT2D eigenvalue weighted by molar-refractivity contribution is 5.73. The summed E-state index contributed by atoms with van der Waals surface area (Å²) in [4.78, 5) is 14.4. The Kier molecular flexibility index (Phi) is 6.81. The normalized spacial score (nSPS) is 16.4. The molecule has 6 nitrogen and oxygen atoms in total. The largest absolute Gasteiger partial charge is 0.465 e. The lowest BCUT2D eigenvalue weighted by molar-refractivity contribution is -0.137. The van der Waals surface area contributed by atoms with Gasteiger partial charge in [0.15, 0.2) is 0 Å². The number of halogens is 3. The van der Waals surface area contributed by atoms with Crippen molar-refractivity contribution in [3.05, 3.63) is 59.0 Å². The fourth-order valence-corrected chi connectivity index (χ4v) is 3.22. The van der Waals surface area contributed by atoms with Gasteiger partial charge in [-0.1, -0.05) is 12.1 Å². The lowest BCUT2D eigenvalue weighted by atomic mass is 10.1. The molecule has 0 saturated carbocycles. The van der Waals surface area contributed by atoms with Gasteiger partial charge in [0.2, 0.25) is 0 Å². The molecule has 0 bridgehead atoms. The first-order chi connectivity index (χ1) is 13.8. The summed E-state index contributed by atoms with van der Waals surface area (Å²) in [6.07, 6.45) is -4.41. The maximum atomic E-state index is 12.8. The number of amides is 2. The van der Waals surface area contributed by atoms with Crippen LogP contribution in [0.15, 0.2) is 40.8 Å². The molecule has 1 atom stereocenters. The number of nitrogens with one attached hydrogen (secondary N) is 2. The van der Waals surface area contributed by atoms with Crippen molar-refractivity contribution in [1.82, 2.24) is 15.5 Å². The highest BCUT2D eigenvalue weighted by Crippen LogP contribution is 2.29. The molecule has 9 heteroatoms. The van der Waals surface area contributed by atoms with Crippen molar-refractivity contribution in [2.45, 2.75) is 25.7 Å². The van der Waals surface area contributed by atoms with E-state index < -0.39 is 17.8 Å². The Morgan fingerprint density at radius 1 is 1.17 bits per heavy atom. The fourth-order valence-electron chi connectivity index (χ4n) is 3.22. The lowest BCUT2D eigenvalue weighted by Crippen LogP contribution is -2.45. The van der Waals surface area contributed by atoms with Gasteiger partial charge in [-0.3, -0.25) is 4.90 Å². The maximum Gasteiger partial charge on any atom is 0.416 e. The Bertz CT molecular complexity index is 817. The summed E-state index contributed by atoms with van der Waals surface area (Å²) in [5, 5.41) is 5.39. The van der Waals surface area contributed by atoms with Crippen LogP contribution in [0.25, 0.3) is 0 Å². The molecular formula is C20H24F3N3O3. The minimum absolute atomic E-state index is 0.00215. The van der Waals surface area contributed by atoms with E-state index in [0.29, 0.717) is 25.3 Å². The lowest BCUT2D eigenvalue weighted by Gasteiger charge is -2.33. The SMILES string of the molecule is Cc1ccc(C(CNC(=O)NCc2cccc(C(F)(F)F)c2)N2CCOCC2)o1. The monoisotopic (exact) mass is 411 g/mol. The first-order valence-electron chi connectivity index (χ1n) is 9.39. The number of furan rings is 1. The first-order valence-corrected chi connectivity index (χ1v) is 9.39. The van der Waals surface area contributed by atoms with Crippen LogP contribution >= 0.6 is 0 Å². The summed E-state index contributed by atoms with van der Waals surface area (Å²) in [6, 6.07) is 8.05. The van der Waals surface area contributed by atoms with Gasteiger partial charge in [0, 0.05) is 26.2 Å². The molecule has 0 spiro atoms. The van der Waals surface area contributed by atoms with Crippen LogP contribution in [0.3, 0.4) is 0 Å². The number of rotatable bonds is 6. The van der Waals surface area contributed by atoms with Crippen LogP contribution in [0.4, 0.5) is 18.0 Å². The second-order valence-electron chi connectivity index (χ2n) is 6.87.